The lowest BCUT2D eigenvalue weighted by atomic mass is 9.79. The third-order valence-electron chi connectivity index (χ3n) is 4.93. The van der Waals surface area contributed by atoms with Crippen molar-refractivity contribution in [3.63, 3.8) is 0 Å². The van der Waals surface area contributed by atoms with Gasteiger partial charge in [-0.3, -0.25) is 4.79 Å². The van der Waals surface area contributed by atoms with Gasteiger partial charge in [0.1, 0.15) is 10.0 Å². The van der Waals surface area contributed by atoms with Gasteiger partial charge < -0.3 is 20.0 Å². The van der Waals surface area contributed by atoms with Gasteiger partial charge in [-0.25, -0.2) is 4.79 Å². The molecule has 26 heavy (non-hydrogen) atoms. The minimum atomic E-state index is -1.15. The highest BCUT2D eigenvalue weighted by atomic mass is 32.2. The number of aliphatic hydroxyl groups is 1. The van der Waals surface area contributed by atoms with E-state index in [0.717, 1.165) is 5.69 Å². The fourth-order valence-electron chi connectivity index (χ4n) is 3.58. The molecule has 2 aliphatic heterocycles. The maximum absolute atomic E-state index is 12.3. The number of nitrogens with zero attached hydrogens (tertiary/aromatic N) is 2. The van der Waals surface area contributed by atoms with Crippen LogP contribution in [0.4, 0.5) is 5.69 Å². The second-order valence-electron chi connectivity index (χ2n) is 6.53. The summed E-state index contributed by atoms with van der Waals surface area (Å²) in [7, 11) is 1.82. The molecule has 1 saturated heterocycles. The van der Waals surface area contributed by atoms with E-state index in [-0.39, 0.29) is 23.6 Å². The van der Waals surface area contributed by atoms with Crippen molar-refractivity contribution in [1.29, 1.82) is 0 Å². The molecule has 1 aromatic rings. The Labute approximate surface area is 161 Å². The lowest BCUT2D eigenvalue weighted by Gasteiger charge is -2.46. The van der Waals surface area contributed by atoms with Crippen LogP contribution in [0.1, 0.15) is 13.8 Å². The number of carbonyl (C=O) groups excluding carboxylic acids is 1. The molecule has 2 heterocycles. The summed E-state index contributed by atoms with van der Waals surface area (Å²) in [6.07, 6.45) is -0.815. The SMILES string of the molecule is C[C@@H](O)[C@H]1C(=O)N2C(C(=O)O)=C(SC(=S)N(C)c3ccccc3)[C@H](C)[C@H]12. The molecule has 0 saturated carbocycles. The number of rotatable bonds is 4. The average molecular weight is 393 g/mol. The number of β-lactam (4-membered cyclic amide) rings is 1. The summed E-state index contributed by atoms with van der Waals surface area (Å²) in [6, 6.07) is 9.20. The van der Waals surface area contributed by atoms with Crippen molar-refractivity contribution in [2.75, 3.05) is 11.9 Å². The molecule has 0 bridgehead atoms. The van der Waals surface area contributed by atoms with Crippen LogP contribution in [0.25, 0.3) is 0 Å². The molecule has 0 aromatic heterocycles. The van der Waals surface area contributed by atoms with Crippen LogP contribution in [-0.2, 0) is 9.59 Å². The zero-order valence-electron chi connectivity index (χ0n) is 14.6. The fraction of sp³-hybridized carbons (Fsp3) is 0.389. The highest BCUT2D eigenvalue weighted by molar-refractivity contribution is 8.25. The Morgan fingerprint density at radius 2 is 1.96 bits per heavy atom. The molecule has 3 rings (SSSR count). The summed E-state index contributed by atoms with van der Waals surface area (Å²) in [4.78, 5) is 27.8. The van der Waals surface area contributed by atoms with Crippen molar-refractivity contribution in [3.05, 3.63) is 40.9 Å². The molecule has 2 aliphatic rings. The number of thiocarbonyl (C=S) groups is 1. The molecule has 2 N–H and O–H groups in total. The van der Waals surface area contributed by atoms with Crippen LogP contribution in [0.15, 0.2) is 40.9 Å². The molecule has 4 atom stereocenters. The smallest absolute Gasteiger partial charge is 0.353 e. The van der Waals surface area contributed by atoms with Gasteiger partial charge in [0.15, 0.2) is 0 Å². The van der Waals surface area contributed by atoms with E-state index in [1.54, 1.807) is 6.92 Å². The van der Waals surface area contributed by atoms with E-state index < -0.39 is 18.0 Å². The zero-order chi connectivity index (χ0) is 19.2. The Hall–Kier alpha value is -1.90. The lowest BCUT2D eigenvalue weighted by molar-refractivity contribution is -0.163. The van der Waals surface area contributed by atoms with Crippen LogP contribution in [0.3, 0.4) is 0 Å². The first-order valence-corrected chi connectivity index (χ1v) is 9.47. The highest BCUT2D eigenvalue weighted by Gasteiger charge is 2.60. The molecule has 8 heteroatoms. The standard InChI is InChI=1S/C18H20N2O4S2/c1-9-13-12(10(2)21)16(22)20(13)14(17(23)24)15(9)26-18(25)19(3)11-7-5-4-6-8-11/h4-10,12-13,21H,1-3H3,(H,23,24)/t9-,10-,12-,13-/m1/s1. The van der Waals surface area contributed by atoms with Crippen molar-refractivity contribution >= 4 is 45.9 Å². The van der Waals surface area contributed by atoms with E-state index in [9.17, 15) is 19.8 Å². The second-order valence-corrected chi connectivity index (χ2v) is 8.21. The van der Waals surface area contributed by atoms with Crippen LogP contribution in [0.2, 0.25) is 0 Å². The Balaban J connectivity index is 1.88. The highest BCUT2D eigenvalue weighted by Crippen LogP contribution is 2.50. The number of carboxylic acid groups (broad SMARTS) is 1. The summed E-state index contributed by atoms with van der Waals surface area (Å²) in [5.74, 6) is -2.26. The van der Waals surface area contributed by atoms with E-state index in [1.807, 2.05) is 49.2 Å². The number of hydrogen-bond donors (Lipinski definition) is 2. The molecule has 0 spiro atoms. The number of amides is 1. The number of anilines is 1. The quantitative estimate of drug-likeness (QED) is 0.601. The third kappa shape index (κ3) is 2.91. The van der Waals surface area contributed by atoms with Crippen LogP contribution in [-0.4, -0.2) is 50.5 Å². The van der Waals surface area contributed by atoms with Gasteiger partial charge in [0, 0.05) is 23.6 Å². The van der Waals surface area contributed by atoms with Gasteiger partial charge in [0.05, 0.1) is 18.1 Å². The van der Waals surface area contributed by atoms with Crippen LogP contribution < -0.4 is 4.90 Å². The minimum absolute atomic E-state index is 0.0155. The van der Waals surface area contributed by atoms with Crippen molar-refractivity contribution in [2.45, 2.75) is 26.0 Å². The van der Waals surface area contributed by atoms with Crippen molar-refractivity contribution in [3.8, 4) is 0 Å². The predicted octanol–water partition coefficient (Wildman–Crippen LogP) is 2.29. The van der Waals surface area contributed by atoms with Crippen molar-refractivity contribution in [1.82, 2.24) is 4.90 Å². The molecule has 1 fully saturated rings. The first-order valence-electron chi connectivity index (χ1n) is 8.25. The number of para-hydroxylation sites is 1. The maximum atomic E-state index is 12.3. The first kappa shape index (κ1) is 18.9. The second kappa shape index (κ2) is 7.02. The molecule has 1 aromatic carbocycles. The number of hydrogen-bond acceptors (Lipinski definition) is 5. The topological polar surface area (TPSA) is 81.1 Å². The van der Waals surface area contributed by atoms with Gasteiger partial charge in [0.25, 0.3) is 0 Å². The summed E-state index contributed by atoms with van der Waals surface area (Å²) < 4.78 is 0.500. The number of aliphatic hydroxyl groups excluding tert-OH is 1. The predicted molar refractivity (Wildman–Crippen MR) is 105 cm³/mol. The number of thioether (sulfide) groups is 1. The first-order chi connectivity index (χ1) is 12.3. The lowest BCUT2D eigenvalue weighted by Crippen LogP contribution is -2.63. The number of benzene rings is 1. The van der Waals surface area contributed by atoms with E-state index in [4.69, 9.17) is 12.2 Å². The van der Waals surface area contributed by atoms with Crippen molar-refractivity contribution < 1.29 is 19.8 Å². The number of aliphatic carboxylic acids is 1. The molecule has 0 aliphatic carbocycles. The van der Waals surface area contributed by atoms with Crippen LogP contribution in [0, 0.1) is 11.8 Å². The van der Waals surface area contributed by atoms with Gasteiger partial charge in [-0.05, 0) is 19.1 Å². The number of carbonyl (C=O) groups is 2. The van der Waals surface area contributed by atoms with Gasteiger partial charge in [-0.1, -0.05) is 49.1 Å². The van der Waals surface area contributed by atoms with Gasteiger partial charge in [0.2, 0.25) is 5.91 Å². The Morgan fingerprint density at radius 3 is 2.50 bits per heavy atom. The zero-order valence-corrected chi connectivity index (χ0v) is 16.3. The van der Waals surface area contributed by atoms with E-state index in [0.29, 0.717) is 9.23 Å². The minimum Gasteiger partial charge on any atom is -0.477 e. The molecule has 6 nitrogen and oxygen atoms in total. The molecular formula is C18H20N2O4S2. The summed E-state index contributed by atoms with van der Waals surface area (Å²) in [5, 5.41) is 19.5. The molecule has 0 radical (unpaired) electrons. The van der Waals surface area contributed by atoms with Crippen LogP contribution in [0.5, 0.6) is 0 Å². The van der Waals surface area contributed by atoms with Gasteiger partial charge in [-0.15, -0.1) is 0 Å². The molecule has 1 amide bonds. The van der Waals surface area contributed by atoms with Crippen molar-refractivity contribution in [2.24, 2.45) is 11.8 Å². The molecular weight excluding hydrogens is 372 g/mol. The van der Waals surface area contributed by atoms with Gasteiger partial charge in [-0.2, -0.15) is 0 Å². The van der Waals surface area contributed by atoms with E-state index in [2.05, 4.69) is 0 Å². The average Bonchev–Trinajstić information content (AvgIpc) is 2.84. The number of fused-ring (bicyclic) bond motifs is 1. The monoisotopic (exact) mass is 392 g/mol. The Bertz CT molecular complexity index is 794. The molecule has 138 valence electrons. The Kier molecular flexibility index (Phi) is 5.09. The third-order valence-corrected chi connectivity index (χ3v) is 6.68. The largest absolute Gasteiger partial charge is 0.477 e. The normalized spacial score (nSPS) is 25.6. The van der Waals surface area contributed by atoms with E-state index in [1.165, 1.54) is 16.7 Å². The summed E-state index contributed by atoms with van der Waals surface area (Å²) in [6.45, 7) is 3.44. The summed E-state index contributed by atoms with van der Waals surface area (Å²) >= 11 is 6.70. The van der Waals surface area contributed by atoms with Crippen LogP contribution >= 0.6 is 24.0 Å². The summed E-state index contributed by atoms with van der Waals surface area (Å²) in [5.41, 5.74) is 0.882. The van der Waals surface area contributed by atoms with E-state index >= 15 is 0 Å². The van der Waals surface area contributed by atoms with Gasteiger partial charge >= 0.3 is 5.97 Å². The maximum Gasteiger partial charge on any atom is 0.353 e. The fourth-order valence-corrected chi connectivity index (χ4v) is 4.99. The Morgan fingerprint density at radius 1 is 1.35 bits per heavy atom. The molecule has 0 unspecified atom stereocenters. The number of carboxylic acids is 1.